The largest absolute Gasteiger partial charge is 0.332 e. The van der Waals surface area contributed by atoms with E-state index in [1.165, 1.54) is 6.42 Å². The Labute approximate surface area is 122 Å². The van der Waals surface area contributed by atoms with Crippen LogP contribution in [0.1, 0.15) is 26.0 Å². The van der Waals surface area contributed by atoms with Crippen LogP contribution < -0.4 is 5.32 Å². The fourth-order valence-electron chi connectivity index (χ4n) is 2.97. The lowest BCUT2D eigenvalue weighted by Crippen LogP contribution is -2.47. The summed E-state index contributed by atoms with van der Waals surface area (Å²) < 4.78 is 1.98. The van der Waals surface area contributed by atoms with Crippen molar-refractivity contribution in [2.24, 2.45) is 11.8 Å². The molecule has 108 valence electrons. The second-order valence-electron chi connectivity index (χ2n) is 5.83. The van der Waals surface area contributed by atoms with Gasteiger partial charge in [-0.1, -0.05) is 13.8 Å². The Hall–Kier alpha value is -1.56. The molecule has 0 aliphatic carbocycles. The first kappa shape index (κ1) is 13.4. The average molecular weight is 292 g/mol. The van der Waals surface area contributed by atoms with E-state index in [0.29, 0.717) is 18.4 Å². The van der Waals surface area contributed by atoms with E-state index in [1.807, 2.05) is 27.1 Å². The highest BCUT2D eigenvalue weighted by atomic mass is 32.1. The highest BCUT2D eigenvalue weighted by molar-refractivity contribution is 7.15. The molecule has 0 radical (unpaired) electrons. The van der Waals surface area contributed by atoms with Crippen molar-refractivity contribution in [1.29, 1.82) is 0 Å². The summed E-state index contributed by atoms with van der Waals surface area (Å²) in [5.74, 6) is 1.17. The van der Waals surface area contributed by atoms with Crippen LogP contribution >= 0.6 is 11.3 Å². The topological polar surface area (TPSA) is 49.6 Å². The van der Waals surface area contributed by atoms with Crippen LogP contribution in [0.15, 0.2) is 17.8 Å². The summed E-state index contributed by atoms with van der Waals surface area (Å²) >= 11 is 1.60. The summed E-state index contributed by atoms with van der Waals surface area (Å²) in [5, 5.41) is 4.98. The molecule has 0 spiro atoms. The van der Waals surface area contributed by atoms with Crippen LogP contribution in [0.25, 0.3) is 4.96 Å². The summed E-state index contributed by atoms with van der Waals surface area (Å²) in [4.78, 5) is 19.6. The van der Waals surface area contributed by atoms with E-state index in [9.17, 15) is 4.79 Å². The van der Waals surface area contributed by atoms with Crippen LogP contribution in [-0.2, 0) is 6.54 Å². The van der Waals surface area contributed by atoms with Gasteiger partial charge in [0, 0.05) is 30.9 Å². The molecule has 20 heavy (non-hydrogen) atoms. The van der Waals surface area contributed by atoms with Crippen molar-refractivity contribution < 1.29 is 4.79 Å². The lowest BCUT2D eigenvalue weighted by molar-refractivity contribution is 0.146. The van der Waals surface area contributed by atoms with Gasteiger partial charge in [-0.2, -0.15) is 0 Å². The van der Waals surface area contributed by atoms with Gasteiger partial charge < -0.3 is 10.2 Å². The molecule has 2 unspecified atom stereocenters. The third-order valence-corrected chi connectivity index (χ3v) is 4.49. The van der Waals surface area contributed by atoms with E-state index >= 15 is 0 Å². The number of fused-ring (bicyclic) bond motifs is 1. The Morgan fingerprint density at radius 1 is 1.45 bits per heavy atom. The predicted octanol–water partition coefficient (Wildman–Crippen LogP) is 2.58. The number of carbonyl (C=O) groups excluding carboxylic acids is 1. The van der Waals surface area contributed by atoms with Crippen molar-refractivity contribution in [1.82, 2.24) is 19.6 Å². The maximum Gasteiger partial charge on any atom is 0.317 e. The second kappa shape index (κ2) is 5.44. The molecule has 1 N–H and O–H groups in total. The molecule has 1 aliphatic heterocycles. The number of nitrogens with zero attached hydrogens (tertiary/aromatic N) is 3. The predicted molar refractivity (Wildman–Crippen MR) is 79.8 cm³/mol. The molecular weight excluding hydrogens is 272 g/mol. The van der Waals surface area contributed by atoms with Gasteiger partial charge in [-0.05, 0) is 18.3 Å². The van der Waals surface area contributed by atoms with Crippen molar-refractivity contribution in [3.05, 3.63) is 23.5 Å². The quantitative estimate of drug-likeness (QED) is 0.925. The number of thiazole rings is 1. The van der Waals surface area contributed by atoms with Gasteiger partial charge in [-0.25, -0.2) is 9.78 Å². The Bertz CT molecular complexity index is 567. The molecule has 3 heterocycles. The minimum absolute atomic E-state index is 0.0276. The van der Waals surface area contributed by atoms with Gasteiger partial charge in [0.05, 0.1) is 12.2 Å². The van der Waals surface area contributed by atoms with Gasteiger partial charge in [0.1, 0.15) is 0 Å². The average Bonchev–Trinajstić information content (AvgIpc) is 2.95. The number of rotatable bonds is 2. The first-order valence-corrected chi connectivity index (χ1v) is 7.93. The SMILES string of the molecule is CC1CC(C)CN(C(=O)NCc2cn3ccsc3n2)C1. The number of hydrogen-bond donors (Lipinski definition) is 1. The van der Waals surface area contributed by atoms with Gasteiger partial charge >= 0.3 is 6.03 Å². The van der Waals surface area contributed by atoms with Crippen LogP contribution in [0.3, 0.4) is 0 Å². The van der Waals surface area contributed by atoms with Crippen molar-refractivity contribution >= 4 is 22.3 Å². The van der Waals surface area contributed by atoms with Gasteiger partial charge in [-0.15, -0.1) is 11.3 Å². The molecule has 1 saturated heterocycles. The number of aromatic nitrogens is 2. The molecular formula is C14H20N4OS. The lowest BCUT2D eigenvalue weighted by atomic mass is 9.92. The number of hydrogen-bond acceptors (Lipinski definition) is 3. The second-order valence-corrected chi connectivity index (χ2v) is 6.71. The van der Waals surface area contributed by atoms with E-state index in [2.05, 4.69) is 24.1 Å². The van der Waals surface area contributed by atoms with Crippen molar-refractivity contribution in [2.75, 3.05) is 13.1 Å². The molecule has 2 aromatic heterocycles. The van der Waals surface area contributed by atoms with E-state index in [0.717, 1.165) is 23.7 Å². The van der Waals surface area contributed by atoms with Crippen LogP contribution in [0.2, 0.25) is 0 Å². The molecule has 2 aromatic rings. The number of imidazole rings is 1. The smallest absolute Gasteiger partial charge is 0.317 e. The zero-order chi connectivity index (χ0) is 14.1. The highest BCUT2D eigenvalue weighted by Gasteiger charge is 2.25. The number of carbonyl (C=O) groups is 1. The molecule has 1 aliphatic rings. The van der Waals surface area contributed by atoms with E-state index in [-0.39, 0.29) is 6.03 Å². The lowest BCUT2D eigenvalue weighted by Gasteiger charge is -2.34. The molecule has 3 rings (SSSR count). The molecule has 1 fully saturated rings. The highest BCUT2D eigenvalue weighted by Crippen LogP contribution is 2.20. The minimum atomic E-state index is 0.0276. The number of urea groups is 1. The summed E-state index contributed by atoms with van der Waals surface area (Å²) in [6.45, 7) is 6.62. The Balaban J connectivity index is 1.57. The van der Waals surface area contributed by atoms with Crippen LogP contribution in [0, 0.1) is 11.8 Å². The molecule has 0 saturated carbocycles. The van der Waals surface area contributed by atoms with Crippen LogP contribution in [-0.4, -0.2) is 33.4 Å². The first-order valence-electron chi connectivity index (χ1n) is 7.05. The minimum Gasteiger partial charge on any atom is -0.332 e. The maximum absolute atomic E-state index is 12.2. The monoisotopic (exact) mass is 292 g/mol. The molecule has 2 amide bonds. The van der Waals surface area contributed by atoms with Gasteiger partial charge in [0.2, 0.25) is 0 Å². The first-order chi connectivity index (χ1) is 9.61. The van der Waals surface area contributed by atoms with Crippen molar-refractivity contribution in [3.63, 3.8) is 0 Å². The number of amides is 2. The fourth-order valence-corrected chi connectivity index (χ4v) is 3.69. The van der Waals surface area contributed by atoms with E-state index in [1.54, 1.807) is 11.3 Å². The van der Waals surface area contributed by atoms with E-state index < -0.39 is 0 Å². The number of likely N-dealkylation sites (tertiary alicyclic amines) is 1. The fraction of sp³-hybridized carbons (Fsp3) is 0.571. The molecule has 5 nitrogen and oxygen atoms in total. The third kappa shape index (κ3) is 2.80. The zero-order valence-corrected chi connectivity index (χ0v) is 12.7. The van der Waals surface area contributed by atoms with Gasteiger partial charge in [0.25, 0.3) is 0 Å². The van der Waals surface area contributed by atoms with Gasteiger partial charge in [0.15, 0.2) is 4.96 Å². The summed E-state index contributed by atoms with van der Waals surface area (Å²) in [5.41, 5.74) is 0.906. The molecule has 0 bridgehead atoms. The number of nitrogens with one attached hydrogen (secondary N) is 1. The van der Waals surface area contributed by atoms with Crippen molar-refractivity contribution in [2.45, 2.75) is 26.8 Å². The standard InChI is InChI=1S/C14H20N4OS/c1-10-5-11(2)8-18(7-10)13(19)15-6-12-9-17-3-4-20-14(17)16-12/h3-4,9-11H,5-8H2,1-2H3,(H,15,19). The third-order valence-electron chi connectivity index (χ3n) is 3.72. The number of piperidine rings is 1. The summed E-state index contributed by atoms with van der Waals surface area (Å²) in [7, 11) is 0. The summed E-state index contributed by atoms with van der Waals surface area (Å²) in [6.07, 6.45) is 5.15. The van der Waals surface area contributed by atoms with Crippen LogP contribution in [0.4, 0.5) is 4.79 Å². The molecule has 6 heteroatoms. The molecule has 2 atom stereocenters. The maximum atomic E-state index is 12.2. The zero-order valence-electron chi connectivity index (χ0n) is 11.9. The molecule has 0 aromatic carbocycles. The Morgan fingerprint density at radius 2 is 2.20 bits per heavy atom. The normalized spacial score (nSPS) is 23.2. The van der Waals surface area contributed by atoms with Gasteiger partial charge in [-0.3, -0.25) is 4.40 Å². The van der Waals surface area contributed by atoms with Crippen molar-refractivity contribution in [3.8, 4) is 0 Å². The van der Waals surface area contributed by atoms with E-state index in [4.69, 9.17) is 0 Å². The Morgan fingerprint density at radius 3 is 2.90 bits per heavy atom. The van der Waals surface area contributed by atoms with Crippen LogP contribution in [0.5, 0.6) is 0 Å². The Kier molecular flexibility index (Phi) is 3.65. The summed E-state index contributed by atoms with van der Waals surface area (Å²) in [6, 6.07) is 0.0276.